The molecule has 1 aromatic carbocycles. The zero-order chi connectivity index (χ0) is 17.1. The quantitative estimate of drug-likeness (QED) is 0.888. The highest BCUT2D eigenvalue weighted by Gasteiger charge is 2.23. The van der Waals surface area contributed by atoms with Crippen LogP contribution in [0.15, 0.2) is 27.4 Å². The highest BCUT2D eigenvalue weighted by atomic mass is 32.2. The number of carbonyl (C=O) groups is 1. The molecule has 7 heteroatoms. The van der Waals surface area contributed by atoms with Crippen molar-refractivity contribution in [3.63, 3.8) is 0 Å². The molecule has 2 N–H and O–H groups in total. The molecule has 0 unspecified atom stereocenters. The van der Waals surface area contributed by atoms with Crippen LogP contribution in [0, 0.1) is 0 Å². The minimum atomic E-state index is -0.409. The van der Waals surface area contributed by atoms with E-state index in [4.69, 9.17) is 4.42 Å². The summed E-state index contributed by atoms with van der Waals surface area (Å²) in [6, 6.07) is 5.23. The van der Waals surface area contributed by atoms with Gasteiger partial charge in [-0.2, -0.15) is 11.8 Å². The first kappa shape index (κ1) is 17.0. The molecular formula is C17H23N3O3S. The van der Waals surface area contributed by atoms with Gasteiger partial charge in [-0.3, -0.25) is 4.57 Å². The van der Waals surface area contributed by atoms with Crippen LogP contribution in [0.1, 0.15) is 32.6 Å². The number of aromatic nitrogens is 1. The molecule has 0 spiro atoms. The molecule has 1 saturated carbocycles. The van der Waals surface area contributed by atoms with Crippen molar-refractivity contribution in [2.45, 2.75) is 43.9 Å². The molecule has 2 amide bonds. The van der Waals surface area contributed by atoms with Gasteiger partial charge in [0.1, 0.15) is 0 Å². The molecule has 130 valence electrons. The fourth-order valence-electron chi connectivity index (χ4n) is 3.23. The Morgan fingerprint density at radius 1 is 1.42 bits per heavy atom. The van der Waals surface area contributed by atoms with Gasteiger partial charge in [-0.1, -0.05) is 13.3 Å². The number of fused-ring (bicyclic) bond motifs is 1. The summed E-state index contributed by atoms with van der Waals surface area (Å²) in [6.07, 6.45) is 4.45. The van der Waals surface area contributed by atoms with E-state index in [1.807, 2.05) is 11.8 Å². The maximum atomic E-state index is 12.2. The Balaban J connectivity index is 1.61. The number of hydrogen-bond donors (Lipinski definition) is 2. The van der Waals surface area contributed by atoms with Gasteiger partial charge >= 0.3 is 11.8 Å². The van der Waals surface area contributed by atoms with E-state index >= 15 is 0 Å². The van der Waals surface area contributed by atoms with Gasteiger partial charge in [0.2, 0.25) is 0 Å². The van der Waals surface area contributed by atoms with Crippen LogP contribution in [0.25, 0.3) is 11.1 Å². The van der Waals surface area contributed by atoms with Crippen LogP contribution >= 0.6 is 11.8 Å². The summed E-state index contributed by atoms with van der Waals surface area (Å²) >= 11 is 1.98. The summed E-state index contributed by atoms with van der Waals surface area (Å²) in [5.41, 5.74) is 1.79. The van der Waals surface area contributed by atoms with Crippen LogP contribution in [0.3, 0.4) is 0 Å². The summed E-state index contributed by atoms with van der Waals surface area (Å²) in [7, 11) is 1.65. The first-order valence-corrected chi connectivity index (χ1v) is 9.40. The highest BCUT2D eigenvalue weighted by molar-refractivity contribution is 7.99. The molecular weight excluding hydrogens is 326 g/mol. The number of oxazole rings is 1. The molecule has 24 heavy (non-hydrogen) atoms. The largest absolute Gasteiger partial charge is 0.419 e. The third-order valence-corrected chi connectivity index (χ3v) is 5.65. The van der Waals surface area contributed by atoms with Gasteiger partial charge in [0.05, 0.1) is 5.52 Å². The smallest absolute Gasteiger partial charge is 0.408 e. The summed E-state index contributed by atoms with van der Waals surface area (Å²) < 4.78 is 6.58. The third kappa shape index (κ3) is 3.77. The molecule has 6 nitrogen and oxygen atoms in total. The van der Waals surface area contributed by atoms with E-state index in [2.05, 4.69) is 17.6 Å². The topological polar surface area (TPSA) is 76.3 Å². The Morgan fingerprint density at radius 3 is 3.04 bits per heavy atom. The van der Waals surface area contributed by atoms with Gasteiger partial charge in [0.15, 0.2) is 5.58 Å². The van der Waals surface area contributed by atoms with Crippen LogP contribution in [0.5, 0.6) is 0 Å². The Labute approximate surface area is 145 Å². The van der Waals surface area contributed by atoms with Gasteiger partial charge in [-0.15, -0.1) is 0 Å². The van der Waals surface area contributed by atoms with Crippen molar-refractivity contribution in [3.05, 3.63) is 28.7 Å². The van der Waals surface area contributed by atoms with Crippen molar-refractivity contribution < 1.29 is 9.21 Å². The maximum Gasteiger partial charge on any atom is 0.419 e. The fourth-order valence-corrected chi connectivity index (χ4v) is 4.40. The zero-order valence-electron chi connectivity index (χ0n) is 14.0. The van der Waals surface area contributed by atoms with Crippen molar-refractivity contribution in [1.82, 2.24) is 9.88 Å². The van der Waals surface area contributed by atoms with Crippen LogP contribution in [-0.4, -0.2) is 27.6 Å². The second-order valence-electron chi connectivity index (χ2n) is 6.15. The number of nitrogens with one attached hydrogen (secondary N) is 2. The molecule has 1 fully saturated rings. The van der Waals surface area contributed by atoms with Crippen molar-refractivity contribution in [2.75, 3.05) is 11.1 Å². The zero-order valence-corrected chi connectivity index (χ0v) is 14.8. The number of benzene rings is 1. The predicted molar refractivity (Wildman–Crippen MR) is 97.8 cm³/mol. The van der Waals surface area contributed by atoms with Crippen molar-refractivity contribution in [2.24, 2.45) is 7.05 Å². The average molecular weight is 349 g/mol. The number of hydrogen-bond acceptors (Lipinski definition) is 4. The lowest BCUT2D eigenvalue weighted by atomic mass is 9.95. The number of aryl methyl sites for hydroxylation is 1. The third-order valence-electron chi connectivity index (χ3n) is 4.41. The number of amides is 2. The van der Waals surface area contributed by atoms with Gasteiger partial charge in [-0.25, -0.2) is 9.59 Å². The van der Waals surface area contributed by atoms with Crippen LogP contribution < -0.4 is 16.4 Å². The SMILES string of the molecule is CCS[C@H]1CCC[C@@H](NC(=O)Nc2ccc3c(c2)oc(=O)n3C)C1. The number of carbonyl (C=O) groups excluding carboxylic acids is 1. The number of rotatable bonds is 4. The molecule has 1 aliphatic rings. The monoisotopic (exact) mass is 349 g/mol. The van der Waals surface area contributed by atoms with Crippen LogP contribution in [-0.2, 0) is 7.05 Å². The molecule has 0 saturated heterocycles. The Morgan fingerprint density at radius 2 is 2.25 bits per heavy atom. The van der Waals surface area contributed by atoms with Crippen LogP contribution in [0.4, 0.5) is 10.5 Å². The molecule has 0 aliphatic heterocycles. The summed E-state index contributed by atoms with van der Waals surface area (Å²) in [6.45, 7) is 2.17. The minimum absolute atomic E-state index is 0.209. The van der Waals surface area contributed by atoms with E-state index in [1.165, 1.54) is 11.0 Å². The average Bonchev–Trinajstić information content (AvgIpc) is 2.82. The molecule has 3 rings (SSSR count). The number of nitrogens with zero attached hydrogens (tertiary/aromatic N) is 1. The lowest BCUT2D eigenvalue weighted by molar-refractivity contribution is 0.244. The van der Waals surface area contributed by atoms with E-state index in [0.717, 1.165) is 25.0 Å². The standard InChI is InChI=1S/C17H23N3O3S/c1-3-24-13-6-4-5-11(9-13)18-16(21)19-12-7-8-14-15(10-12)23-17(22)20(14)2/h7-8,10-11,13H,3-6,9H2,1-2H3,(H2,18,19,21)/t11-,13+/m1/s1. The number of anilines is 1. The first-order valence-electron chi connectivity index (χ1n) is 8.35. The lowest BCUT2D eigenvalue weighted by Gasteiger charge is -2.29. The summed E-state index contributed by atoms with van der Waals surface area (Å²) in [4.78, 5) is 23.7. The van der Waals surface area contributed by atoms with Gasteiger partial charge in [0, 0.05) is 30.1 Å². The number of urea groups is 1. The van der Waals surface area contributed by atoms with E-state index < -0.39 is 5.76 Å². The molecule has 0 radical (unpaired) electrons. The fraction of sp³-hybridized carbons (Fsp3) is 0.529. The van der Waals surface area contributed by atoms with E-state index in [1.54, 1.807) is 25.2 Å². The summed E-state index contributed by atoms with van der Waals surface area (Å²) in [5.74, 6) is 0.708. The molecule has 1 aliphatic carbocycles. The van der Waals surface area contributed by atoms with Crippen molar-refractivity contribution in [3.8, 4) is 0 Å². The summed E-state index contributed by atoms with van der Waals surface area (Å²) in [5, 5.41) is 6.53. The maximum absolute atomic E-state index is 12.2. The minimum Gasteiger partial charge on any atom is -0.408 e. The lowest BCUT2D eigenvalue weighted by Crippen LogP contribution is -2.41. The van der Waals surface area contributed by atoms with Gasteiger partial charge in [0.25, 0.3) is 0 Å². The Hall–Kier alpha value is -1.89. The van der Waals surface area contributed by atoms with Crippen molar-refractivity contribution in [1.29, 1.82) is 0 Å². The Kier molecular flexibility index (Phi) is 5.18. The van der Waals surface area contributed by atoms with E-state index in [9.17, 15) is 9.59 Å². The highest BCUT2D eigenvalue weighted by Crippen LogP contribution is 2.28. The Bertz CT molecular complexity index is 781. The second kappa shape index (κ2) is 7.34. The molecule has 1 heterocycles. The molecule has 1 aromatic heterocycles. The van der Waals surface area contributed by atoms with E-state index in [-0.39, 0.29) is 12.1 Å². The van der Waals surface area contributed by atoms with Gasteiger partial charge < -0.3 is 15.1 Å². The molecule has 0 bridgehead atoms. The molecule has 2 aromatic rings. The number of thioether (sulfide) groups is 1. The molecule has 2 atom stereocenters. The van der Waals surface area contributed by atoms with Gasteiger partial charge in [-0.05, 0) is 37.1 Å². The second-order valence-corrected chi connectivity index (χ2v) is 7.73. The van der Waals surface area contributed by atoms with Crippen molar-refractivity contribution >= 4 is 34.6 Å². The van der Waals surface area contributed by atoms with Crippen LogP contribution in [0.2, 0.25) is 0 Å². The van der Waals surface area contributed by atoms with E-state index in [0.29, 0.717) is 22.0 Å². The first-order chi connectivity index (χ1) is 11.6. The normalized spacial score (nSPS) is 20.9. The predicted octanol–water partition coefficient (Wildman–Crippen LogP) is 3.32.